The van der Waals surface area contributed by atoms with Crippen molar-refractivity contribution in [1.29, 1.82) is 0 Å². The second-order valence-electron chi connectivity index (χ2n) is 4.09. The first-order valence-corrected chi connectivity index (χ1v) is 7.14. The molecule has 0 unspecified atom stereocenters. The largest absolute Gasteiger partial charge is 0.410 e. The molecule has 18 heavy (non-hydrogen) atoms. The van der Waals surface area contributed by atoms with Crippen molar-refractivity contribution >= 4 is 21.8 Å². The Balaban J connectivity index is 2.33. The van der Waals surface area contributed by atoms with E-state index in [0.29, 0.717) is 5.69 Å². The average Bonchev–Trinajstić information content (AvgIpc) is 2.99. The van der Waals surface area contributed by atoms with Crippen LogP contribution in [0.1, 0.15) is 12.8 Å². The van der Waals surface area contributed by atoms with Gasteiger partial charge < -0.3 is 10.5 Å². The number of sulfonamides is 1. The van der Waals surface area contributed by atoms with Crippen molar-refractivity contribution in [1.82, 2.24) is 4.98 Å². The van der Waals surface area contributed by atoms with E-state index in [-0.39, 0.29) is 11.8 Å². The second kappa shape index (κ2) is 4.45. The number of aromatic nitrogens is 1. The van der Waals surface area contributed by atoms with Crippen LogP contribution in [-0.2, 0) is 10.0 Å². The van der Waals surface area contributed by atoms with Gasteiger partial charge >= 0.3 is 6.09 Å². The molecule has 1 aromatic rings. The van der Waals surface area contributed by atoms with Gasteiger partial charge in [0.1, 0.15) is 0 Å². The summed E-state index contributed by atoms with van der Waals surface area (Å²) >= 11 is 0. The van der Waals surface area contributed by atoms with Crippen LogP contribution >= 0.6 is 0 Å². The predicted molar refractivity (Wildman–Crippen MR) is 64.8 cm³/mol. The quantitative estimate of drug-likeness (QED) is 0.857. The molecular weight excluding hydrogens is 258 g/mol. The van der Waals surface area contributed by atoms with Crippen LogP contribution in [0.3, 0.4) is 0 Å². The fourth-order valence-electron chi connectivity index (χ4n) is 1.68. The molecule has 2 rings (SSSR count). The van der Waals surface area contributed by atoms with E-state index in [1.165, 1.54) is 22.8 Å². The Morgan fingerprint density at radius 3 is 2.67 bits per heavy atom. The number of pyridine rings is 1. The van der Waals surface area contributed by atoms with Gasteiger partial charge in [0.05, 0.1) is 24.3 Å². The highest BCUT2D eigenvalue weighted by atomic mass is 32.2. The molecule has 0 spiro atoms. The average molecular weight is 271 g/mol. The smallest absolute Gasteiger partial charge is 0.409 e. The fourth-order valence-corrected chi connectivity index (χ4v) is 2.92. The number of carbonyl (C=O) groups excluding carboxylic acids is 1. The summed E-state index contributed by atoms with van der Waals surface area (Å²) in [5.41, 5.74) is 5.26. The monoisotopic (exact) mass is 271 g/mol. The van der Waals surface area contributed by atoms with Gasteiger partial charge in [0.25, 0.3) is 0 Å². The lowest BCUT2D eigenvalue weighted by atomic mass is 10.4. The van der Waals surface area contributed by atoms with Crippen molar-refractivity contribution in [3.8, 4) is 5.75 Å². The van der Waals surface area contributed by atoms with Gasteiger partial charge in [0.15, 0.2) is 5.75 Å². The van der Waals surface area contributed by atoms with E-state index in [0.717, 1.165) is 19.1 Å². The molecule has 1 saturated carbocycles. The number of primary amides is 1. The minimum Gasteiger partial charge on any atom is -0.409 e. The highest BCUT2D eigenvalue weighted by molar-refractivity contribution is 7.92. The number of amides is 1. The number of nitrogens with two attached hydrogens (primary N) is 1. The number of carbonyl (C=O) groups is 1. The van der Waals surface area contributed by atoms with E-state index in [4.69, 9.17) is 5.73 Å². The number of nitrogens with zero attached hydrogens (tertiary/aromatic N) is 2. The molecule has 0 radical (unpaired) electrons. The molecule has 1 heterocycles. The van der Waals surface area contributed by atoms with Crippen molar-refractivity contribution in [3.05, 3.63) is 18.5 Å². The van der Waals surface area contributed by atoms with Crippen molar-refractivity contribution < 1.29 is 17.9 Å². The highest BCUT2D eigenvalue weighted by Gasteiger charge is 2.35. The molecule has 1 fully saturated rings. The van der Waals surface area contributed by atoms with Crippen molar-refractivity contribution in [2.75, 3.05) is 10.6 Å². The number of anilines is 1. The van der Waals surface area contributed by atoms with Gasteiger partial charge in [-0.25, -0.2) is 13.2 Å². The van der Waals surface area contributed by atoms with E-state index in [2.05, 4.69) is 9.72 Å². The Morgan fingerprint density at radius 1 is 1.50 bits per heavy atom. The van der Waals surface area contributed by atoms with Crippen molar-refractivity contribution in [2.24, 2.45) is 5.73 Å². The van der Waals surface area contributed by atoms with Gasteiger partial charge in [-0.2, -0.15) is 0 Å². The molecule has 98 valence electrons. The summed E-state index contributed by atoms with van der Waals surface area (Å²) in [4.78, 5) is 14.5. The second-order valence-corrected chi connectivity index (χ2v) is 5.95. The van der Waals surface area contributed by atoms with Crippen LogP contribution < -0.4 is 14.8 Å². The normalized spacial score (nSPS) is 15.2. The highest BCUT2D eigenvalue weighted by Crippen LogP contribution is 2.34. The van der Waals surface area contributed by atoms with Gasteiger partial charge in [-0.15, -0.1) is 0 Å². The maximum atomic E-state index is 11.7. The lowest BCUT2D eigenvalue weighted by Gasteiger charge is -2.21. The number of rotatable bonds is 4. The SMILES string of the molecule is CS(=O)(=O)N(c1cncc(OC(N)=O)c1)C1CC1. The molecule has 0 aromatic carbocycles. The van der Waals surface area contributed by atoms with Crippen LogP contribution in [0.4, 0.5) is 10.5 Å². The first kappa shape index (κ1) is 12.6. The predicted octanol–water partition coefficient (Wildman–Crippen LogP) is 0.468. The third-order valence-corrected chi connectivity index (χ3v) is 3.63. The van der Waals surface area contributed by atoms with Crippen molar-refractivity contribution in [2.45, 2.75) is 18.9 Å². The maximum Gasteiger partial charge on any atom is 0.410 e. The zero-order chi connectivity index (χ0) is 13.3. The molecule has 1 aliphatic carbocycles. The summed E-state index contributed by atoms with van der Waals surface area (Å²) in [5, 5.41) is 0. The van der Waals surface area contributed by atoms with E-state index >= 15 is 0 Å². The Morgan fingerprint density at radius 2 is 2.17 bits per heavy atom. The summed E-state index contributed by atoms with van der Waals surface area (Å²) in [7, 11) is -3.38. The standard InChI is InChI=1S/C10H13N3O4S/c1-18(15,16)13(7-2-3-7)8-4-9(6-12-5-8)17-10(11)14/h4-7H,2-3H2,1H3,(H2,11,14). The number of ether oxygens (including phenoxy) is 1. The summed E-state index contributed by atoms with van der Waals surface area (Å²) in [6.07, 6.45) is 4.50. The Labute approximate surface area is 105 Å². The van der Waals surface area contributed by atoms with Crippen LogP contribution in [0, 0.1) is 0 Å². The fraction of sp³-hybridized carbons (Fsp3) is 0.400. The molecule has 8 heteroatoms. The van der Waals surface area contributed by atoms with E-state index in [1.807, 2.05) is 0 Å². The van der Waals surface area contributed by atoms with E-state index in [1.54, 1.807) is 0 Å². The number of hydrogen-bond donors (Lipinski definition) is 1. The van der Waals surface area contributed by atoms with Crippen LogP contribution in [0.5, 0.6) is 5.75 Å². The summed E-state index contributed by atoms with van der Waals surface area (Å²) in [5.74, 6) is 0.120. The van der Waals surface area contributed by atoms with E-state index in [9.17, 15) is 13.2 Å². The summed E-state index contributed by atoms with van der Waals surface area (Å²) in [6.45, 7) is 0. The lowest BCUT2D eigenvalue weighted by Crippen LogP contribution is -2.32. The van der Waals surface area contributed by atoms with Gasteiger partial charge in [-0.3, -0.25) is 9.29 Å². The Bertz CT molecular complexity index is 568. The minimum atomic E-state index is -3.38. The third kappa shape index (κ3) is 2.89. The van der Waals surface area contributed by atoms with Crippen LogP contribution in [0.25, 0.3) is 0 Å². The van der Waals surface area contributed by atoms with Gasteiger partial charge in [-0.05, 0) is 12.8 Å². The Kier molecular flexibility index (Phi) is 3.12. The lowest BCUT2D eigenvalue weighted by molar-refractivity contribution is 0.210. The van der Waals surface area contributed by atoms with Gasteiger partial charge in [0, 0.05) is 12.1 Å². The molecule has 1 aliphatic rings. The minimum absolute atomic E-state index is 0.0365. The summed E-state index contributed by atoms with van der Waals surface area (Å²) < 4.78 is 29.4. The Hall–Kier alpha value is -1.83. The third-order valence-electron chi connectivity index (χ3n) is 2.41. The molecule has 0 bridgehead atoms. The van der Waals surface area contributed by atoms with Crippen LogP contribution in [0.2, 0.25) is 0 Å². The summed E-state index contributed by atoms with van der Waals surface area (Å²) in [6, 6.07) is 1.39. The molecule has 0 atom stereocenters. The topological polar surface area (TPSA) is 103 Å². The zero-order valence-electron chi connectivity index (χ0n) is 9.74. The molecular formula is C10H13N3O4S. The maximum absolute atomic E-state index is 11.7. The molecule has 7 nitrogen and oxygen atoms in total. The van der Waals surface area contributed by atoms with Crippen molar-refractivity contribution in [3.63, 3.8) is 0 Å². The van der Waals surface area contributed by atoms with Crippen LogP contribution in [0.15, 0.2) is 18.5 Å². The van der Waals surface area contributed by atoms with E-state index < -0.39 is 16.1 Å². The zero-order valence-corrected chi connectivity index (χ0v) is 10.6. The number of hydrogen-bond acceptors (Lipinski definition) is 5. The molecule has 2 N–H and O–H groups in total. The first-order valence-electron chi connectivity index (χ1n) is 5.29. The molecule has 0 saturated heterocycles. The molecule has 1 amide bonds. The molecule has 1 aromatic heterocycles. The molecule has 0 aliphatic heterocycles. The van der Waals surface area contributed by atoms with Gasteiger partial charge in [0.2, 0.25) is 10.0 Å². The van der Waals surface area contributed by atoms with Crippen LogP contribution in [-0.4, -0.2) is 31.8 Å². The first-order chi connectivity index (χ1) is 8.38. The van der Waals surface area contributed by atoms with Gasteiger partial charge in [-0.1, -0.05) is 0 Å².